The van der Waals surface area contributed by atoms with Crippen LogP contribution in [0.5, 0.6) is 17.6 Å². The van der Waals surface area contributed by atoms with E-state index in [0.29, 0.717) is 17.3 Å². The molecular weight excluding hydrogens is 470 g/mol. The Hall–Kier alpha value is -3.57. The predicted octanol–water partition coefficient (Wildman–Crippen LogP) is 3.94. The maximum absolute atomic E-state index is 12.9. The van der Waals surface area contributed by atoms with Gasteiger partial charge >= 0.3 is 0 Å². The van der Waals surface area contributed by atoms with Crippen LogP contribution in [0.2, 0.25) is 0 Å². The van der Waals surface area contributed by atoms with Gasteiger partial charge in [0.05, 0.1) is 23.4 Å². The van der Waals surface area contributed by atoms with Gasteiger partial charge in [-0.25, -0.2) is 9.97 Å². The second-order valence-corrected chi connectivity index (χ2v) is 9.01. The van der Waals surface area contributed by atoms with E-state index >= 15 is 0 Å². The number of pyridine rings is 2. The summed E-state index contributed by atoms with van der Waals surface area (Å²) in [5.41, 5.74) is 1.60. The highest BCUT2D eigenvalue weighted by atomic mass is 32.1. The Balaban J connectivity index is 1.53. The van der Waals surface area contributed by atoms with Gasteiger partial charge in [-0.2, -0.15) is 4.98 Å². The summed E-state index contributed by atoms with van der Waals surface area (Å²) in [6.07, 6.45) is 3.22. The molecule has 1 N–H and O–H groups in total. The number of rotatable bonds is 9. The first-order valence-electron chi connectivity index (χ1n) is 11.3. The highest BCUT2D eigenvalue weighted by Crippen LogP contribution is 2.25. The van der Waals surface area contributed by atoms with Gasteiger partial charge < -0.3 is 19.1 Å². The summed E-state index contributed by atoms with van der Waals surface area (Å²) in [5, 5.41) is 5.11. The van der Waals surface area contributed by atoms with E-state index < -0.39 is 0 Å². The fourth-order valence-corrected chi connectivity index (χ4v) is 4.24. The van der Waals surface area contributed by atoms with Crippen molar-refractivity contribution < 1.29 is 23.8 Å². The Morgan fingerprint density at radius 1 is 1.11 bits per heavy atom. The van der Waals surface area contributed by atoms with Crippen LogP contribution in [-0.2, 0) is 4.74 Å². The lowest BCUT2D eigenvalue weighted by molar-refractivity contribution is 0.0792. The summed E-state index contributed by atoms with van der Waals surface area (Å²) < 4.78 is 16.7. The average molecular weight is 498 g/mol. The molecule has 1 saturated heterocycles. The highest BCUT2D eigenvalue weighted by Gasteiger charge is 2.20. The number of carbonyl (C=O) groups is 2. The molecule has 35 heavy (non-hydrogen) atoms. The summed E-state index contributed by atoms with van der Waals surface area (Å²) >= 11 is 1.33. The number of nitrogens with one attached hydrogen (secondary N) is 1. The SMILES string of the molecule is COC[C@@H](C)Oc1cc(C(=O)Nc2nc(C)cs2)cc(Oc2ccc(C(=O)N3CCCC3)cn2)n1. The van der Waals surface area contributed by atoms with E-state index in [4.69, 9.17) is 14.2 Å². The Labute approximate surface area is 207 Å². The van der Waals surface area contributed by atoms with E-state index in [2.05, 4.69) is 20.3 Å². The van der Waals surface area contributed by atoms with Gasteiger partial charge in [-0.15, -0.1) is 11.3 Å². The van der Waals surface area contributed by atoms with Crippen molar-refractivity contribution in [1.82, 2.24) is 19.9 Å². The molecule has 1 aliphatic heterocycles. The first kappa shape index (κ1) is 24.6. The van der Waals surface area contributed by atoms with Crippen LogP contribution in [0.3, 0.4) is 0 Å². The van der Waals surface area contributed by atoms with Crippen molar-refractivity contribution in [2.45, 2.75) is 32.8 Å². The minimum atomic E-state index is -0.379. The number of ether oxygens (including phenoxy) is 3. The summed E-state index contributed by atoms with van der Waals surface area (Å²) in [4.78, 5) is 40.1. The minimum Gasteiger partial charge on any atom is -0.472 e. The summed E-state index contributed by atoms with van der Waals surface area (Å²) in [6, 6.07) is 6.29. The van der Waals surface area contributed by atoms with E-state index in [1.807, 2.05) is 24.1 Å². The molecule has 0 unspecified atom stereocenters. The van der Waals surface area contributed by atoms with Gasteiger partial charge in [0.15, 0.2) is 5.13 Å². The van der Waals surface area contributed by atoms with Crippen LogP contribution in [0.15, 0.2) is 35.8 Å². The molecule has 11 heteroatoms. The fraction of sp³-hybridized carbons (Fsp3) is 0.375. The van der Waals surface area contributed by atoms with Gasteiger partial charge in [0, 0.05) is 50.0 Å². The van der Waals surface area contributed by atoms with Crippen molar-refractivity contribution in [1.29, 1.82) is 0 Å². The zero-order chi connectivity index (χ0) is 24.8. The Morgan fingerprint density at radius 3 is 2.54 bits per heavy atom. The zero-order valence-electron chi connectivity index (χ0n) is 19.8. The lowest BCUT2D eigenvalue weighted by atomic mass is 10.2. The van der Waals surface area contributed by atoms with Crippen molar-refractivity contribution in [3.63, 3.8) is 0 Å². The van der Waals surface area contributed by atoms with Crippen LogP contribution >= 0.6 is 11.3 Å². The second kappa shape index (κ2) is 11.2. The largest absolute Gasteiger partial charge is 0.472 e. The topological polar surface area (TPSA) is 116 Å². The lowest BCUT2D eigenvalue weighted by Crippen LogP contribution is -2.27. The molecule has 0 spiro atoms. The number of amides is 2. The van der Waals surface area contributed by atoms with E-state index in [1.54, 1.807) is 19.2 Å². The Morgan fingerprint density at radius 2 is 1.89 bits per heavy atom. The highest BCUT2D eigenvalue weighted by molar-refractivity contribution is 7.13. The third-order valence-electron chi connectivity index (χ3n) is 5.19. The average Bonchev–Trinajstić information content (AvgIpc) is 3.51. The van der Waals surface area contributed by atoms with Crippen LogP contribution in [-0.4, -0.2) is 64.6 Å². The van der Waals surface area contributed by atoms with E-state index in [0.717, 1.165) is 31.6 Å². The summed E-state index contributed by atoms with van der Waals surface area (Å²) in [6.45, 7) is 5.56. The van der Waals surface area contributed by atoms with E-state index in [1.165, 1.54) is 29.7 Å². The Kier molecular flexibility index (Phi) is 7.88. The van der Waals surface area contributed by atoms with Gasteiger partial charge in [-0.1, -0.05) is 0 Å². The van der Waals surface area contributed by atoms with Gasteiger partial charge in [-0.05, 0) is 32.8 Å². The second-order valence-electron chi connectivity index (χ2n) is 8.15. The number of methoxy groups -OCH3 is 1. The standard InChI is InChI=1S/C24H27N5O5S/c1-15-14-35-24(26-15)28-22(30)18-10-20(33-16(2)13-32-3)27-21(11-18)34-19-7-6-17(12-25-19)23(31)29-8-4-5-9-29/h6-7,10-12,14,16H,4-5,8-9,13H2,1-3H3,(H,26,28,30)/t16-/m1/s1. The maximum atomic E-state index is 12.9. The number of hydrogen-bond donors (Lipinski definition) is 1. The molecule has 4 heterocycles. The molecule has 1 atom stereocenters. The molecule has 0 saturated carbocycles. The molecule has 1 aliphatic rings. The quantitative estimate of drug-likeness (QED) is 0.473. The van der Waals surface area contributed by atoms with Gasteiger partial charge in [0.25, 0.3) is 11.8 Å². The van der Waals surface area contributed by atoms with Crippen LogP contribution < -0.4 is 14.8 Å². The molecule has 0 radical (unpaired) electrons. The normalized spacial score (nSPS) is 14.0. The minimum absolute atomic E-state index is 0.0430. The molecule has 1 fully saturated rings. The number of thiazole rings is 1. The maximum Gasteiger partial charge on any atom is 0.257 e. The number of carbonyl (C=O) groups excluding carboxylic acids is 2. The molecule has 0 aliphatic carbocycles. The van der Waals surface area contributed by atoms with Crippen LogP contribution in [0.4, 0.5) is 5.13 Å². The van der Waals surface area contributed by atoms with Crippen molar-refractivity contribution in [3.8, 4) is 17.6 Å². The molecule has 0 aromatic carbocycles. The molecule has 2 amide bonds. The first-order chi connectivity index (χ1) is 16.9. The van der Waals surface area contributed by atoms with Crippen LogP contribution in [0.25, 0.3) is 0 Å². The van der Waals surface area contributed by atoms with E-state index in [9.17, 15) is 9.59 Å². The third kappa shape index (κ3) is 6.52. The molecule has 3 aromatic heterocycles. The van der Waals surface area contributed by atoms with E-state index in [-0.39, 0.29) is 41.1 Å². The number of nitrogens with zero attached hydrogens (tertiary/aromatic N) is 4. The summed E-state index contributed by atoms with van der Waals surface area (Å²) in [7, 11) is 1.57. The molecular formula is C24H27N5O5S. The van der Waals surface area contributed by atoms with Crippen molar-refractivity contribution in [2.75, 3.05) is 32.1 Å². The van der Waals surface area contributed by atoms with Crippen molar-refractivity contribution >= 4 is 28.3 Å². The van der Waals surface area contributed by atoms with Crippen molar-refractivity contribution in [3.05, 3.63) is 52.7 Å². The monoisotopic (exact) mass is 497 g/mol. The first-order valence-corrected chi connectivity index (χ1v) is 12.1. The number of likely N-dealkylation sites (tertiary alicyclic amines) is 1. The van der Waals surface area contributed by atoms with Gasteiger partial charge in [-0.3, -0.25) is 14.9 Å². The number of hydrogen-bond acceptors (Lipinski definition) is 9. The number of anilines is 1. The predicted molar refractivity (Wildman–Crippen MR) is 130 cm³/mol. The third-order valence-corrected chi connectivity index (χ3v) is 6.06. The zero-order valence-corrected chi connectivity index (χ0v) is 20.6. The summed E-state index contributed by atoms with van der Waals surface area (Å²) in [5.74, 6) is 0.139. The smallest absolute Gasteiger partial charge is 0.257 e. The number of aromatic nitrogens is 3. The van der Waals surface area contributed by atoms with Crippen LogP contribution in [0.1, 0.15) is 46.2 Å². The molecule has 10 nitrogen and oxygen atoms in total. The lowest BCUT2D eigenvalue weighted by Gasteiger charge is -2.15. The van der Waals surface area contributed by atoms with Gasteiger partial charge in [0.2, 0.25) is 17.6 Å². The van der Waals surface area contributed by atoms with Crippen molar-refractivity contribution in [2.24, 2.45) is 0 Å². The Bertz CT molecular complexity index is 1180. The van der Waals surface area contributed by atoms with Gasteiger partial charge in [0.1, 0.15) is 6.10 Å². The number of aryl methyl sites for hydroxylation is 1. The molecule has 4 rings (SSSR count). The fourth-order valence-electron chi connectivity index (χ4n) is 3.56. The molecule has 184 valence electrons. The molecule has 0 bridgehead atoms. The molecule has 3 aromatic rings. The van der Waals surface area contributed by atoms with Crippen LogP contribution in [0, 0.1) is 6.92 Å².